The SMILES string of the molecule is COC1CCCN(c2ccc(NC(=O)Cc3noc4ccccc34)cc2)C1. The van der Waals surface area contributed by atoms with Crippen LogP contribution < -0.4 is 10.2 Å². The first-order valence-corrected chi connectivity index (χ1v) is 9.24. The van der Waals surface area contributed by atoms with Gasteiger partial charge in [-0.3, -0.25) is 4.79 Å². The molecule has 140 valence electrons. The maximum absolute atomic E-state index is 12.4. The molecule has 3 aromatic rings. The summed E-state index contributed by atoms with van der Waals surface area (Å²) in [5.74, 6) is -0.112. The number of para-hydroxylation sites is 1. The van der Waals surface area contributed by atoms with Gasteiger partial charge in [0, 0.05) is 37.0 Å². The molecule has 4 rings (SSSR count). The Morgan fingerprint density at radius 1 is 1.26 bits per heavy atom. The summed E-state index contributed by atoms with van der Waals surface area (Å²) in [7, 11) is 1.77. The molecule has 0 aliphatic carbocycles. The predicted octanol–water partition coefficient (Wildman–Crippen LogP) is 3.62. The van der Waals surface area contributed by atoms with E-state index in [1.54, 1.807) is 7.11 Å². The van der Waals surface area contributed by atoms with Crippen LogP contribution in [0.15, 0.2) is 53.1 Å². The minimum atomic E-state index is -0.112. The Bertz CT molecular complexity index is 920. The number of piperidine rings is 1. The number of carbonyl (C=O) groups is 1. The highest BCUT2D eigenvalue weighted by Gasteiger charge is 2.19. The van der Waals surface area contributed by atoms with Crippen molar-refractivity contribution in [1.29, 1.82) is 0 Å². The van der Waals surface area contributed by atoms with Crippen molar-refractivity contribution in [2.24, 2.45) is 0 Å². The fourth-order valence-corrected chi connectivity index (χ4v) is 3.54. The van der Waals surface area contributed by atoms with E-state index in [0.29, 0.717) is 11.3 Å². The fraction of sp³-hybridized carbons (Fsp3) is 0.333. The van der Waals surface area contributed by atoms with Gasteiger partial charge in [-0.2, -0.15) is 0 Å². The van der Waals surface area contributed by atoms with Crippen LogP contribution in [0.5, 0.6) is 0 Å². The smallest absolute Gasteiger partial charge is 0.230 e. The molecule has 1 N–H and O–H groups in total. The quantitative estimate of drug-likeness (QED) is 0.748. The molecule has 0 radical (unpaired) electrons. The van der Waals surface area contributed by atoms with Crippen molar-refractivity contribution in [3.8, 4) is 0 Å². The zero-order valence-corrected chi connectivity index (χ0v) is 15.4. The highest BCUT2D eigenvalue weighted by Crippen LogP contribution is 2.23. The topological polar surface area (TPSA) is 67.6 Å². The third-order valence-electron chi connectivity index (χ3n) is 5.01. The first-order chi connectivity index (χ1) is 13.2. The Kier molecular flexibility index (Phi) is 5.07. The Labute approximate surface area is 158 Å². The standard InChI is InChI=1S/C21H23N3O3/c1-26-17-5-4-12-24(14-17)16-10-8-15(9-11-16)22-21(25)13-19-18-6-2-3-7-20(18)27-23-19/h2-3,6-11,17H,4-5,12-14H2,1H3,(H,22,25). The molecule has 1 saturated heterocycles. The van der Waals surface area contributed by atoms with Gasteiger partial charge in [0.05, 0.1) is 12.5 Å². The molecule has 6 nitrogen and oxygen atoms in total. The van der Waals surface area contributed by atoms with Gasteiger partial charge >= 0.3 is 0 Å². The van der Waals surface area contributed by atoms with E-state index in [-0.39, 0.29) is 18.4 Å². The normalized spacial score (nSPS) is 17.2. The summed E-state index contributed by atoms with van der Waals surface area (Å²) in [5.41, 5.74) is 3.27. The van der Waals surface area contributed by atoms with Crippen LogP contribution in [0.3, 0.4) is 0 Å². The fourth-order valence-electron chi connectivity index (χ4n) is 3.54. The molecule has 1 aromatic heterocycles. The van der Waals surface area contributed by atoms with Gasteiger partial charge in [-0.05, 0) is 49.2 Å². The number of benzene rings is 2. The van der Waals surface area contributed by atoms with Crippen molar-refractivity contribution < 1.29 is 14.1 Å². The summed E-state index contributed by atoms with van der Waals surface area (Å²) in [5, 5.41) is 7.82. The molecule has 1 unspecified atom stereocenters. The molecule has 1 fully saturated rings. The van der Waals surface area contributed by atoms with E-state index >= 15 is 0 Å². The minimum Gasteiger partial charge on any atom is -0.380 e. The summed E-state index contributed by atoms with van der Waals surface area (Å²) in [4.78, 5) is 14.7. The van der Waals surface area contributed by atoms with Crippen molar-refractivity contribution in [2.75, 3.05) is 30.4 Å². The summed E-state index contributed by atoms with van der Waals surface area (Å²) in [6.45, 7) is 1.94. The minimum absolute atomic E-state index is 0.112. The molecule has 0 saturated carbocycles. The van der Waals surface area contributed by atoms with Crippen LogP contribution >= 0.6 is 0 Å². The lowest BCUT2D eigenvalue weighted by molar-refractivity contribution is -0.115. The van der Waals surface area contributed by atoms with E-state index < -0.39 is 0 Å². The molecule has 0 bridgehead atoms. The van der Waals surface area contributed by atoms with E-state index in [2.05, 4.69) is 15.4 Å². The van der Waals surface area contributed by atoms with Crippen LogP contribution in [0.25, 0.3) is 11.0 Å². The van der Waals surface area contributed by atoms with E-state index in [1.165, 1.54) is 0 Å². The van der Waals surface area contributed by atoms with Gasteiger partial charge in [0.2, 0.25) is 5.91 Å². The largest absolute Gasteiger partial charge is 0.380 e. The second-order valence-corrected chi connectivity index (χ2v) is 6.84. The van der Waals surface area contributed by atoms with Crippen LogP contribution in [0.4, 0.5) is 11.4 Å². The third-order valence-corrected chi connectivity index (χ3v) is 5.01. The number of nitrogens with one attached hydrogen (secondary N) is 1. The molecule has 2 aromatic carbocycles. The first kappa shape index (κ1) is 17.5. The highest BCUT2D eigenvalue weighted by molar-refractivity contribution is 5.94. The van der Waals surface area contributed by atoms with Gasteiger partial charge in [0.25, 0.3) is 0 Å². The number of amides is 1. The molecule has 6 heteroatoms. The molecule has 2 heterocycles. The van der Waals surface area contributed by atoms with Gasteiger partial charge in [0.1, 0.15) is 5.69 Å². The second-order valence-electron chi connectivity index (χ2n) is 6.84. The Morgan fingerprint density at radius 3 is 2.89 bits per heavy atom. The lowest BCUT2D eigenvalue weighted by Gasteiger charge is -2.33. The number of hydrogen-bond donors (Lipinski definition) is 1. The predicted molar refractivity (Wildman–Crippen MR) is 105 cm³/mol. The van der Waals surface area contributed by atoms with Crippen molar-refractivity contribution in [1.82, 2.24) is 5.16 Å². The number of anilines is 2. The van der Waals surface area contributed by atoms with E-state index in [4.69, 9.17) is 9.26 Å². The monoisotopic (exact) mass is 365 g/mol. The van der Waals surface area contributed by atoms with Crippen LogP contribution in [0.2, 0.25) is 0 Å². The molecule has 1 aliphatic rings. The Hall–Kier alpha value is -2.86. The lowest BCUT2D eigenvalue weighted by Crippen LogP contribution is -2.39. The number of carbonyl (C=O) groups excluding carboxylic acids is 1. The van der Waals surface area contributed by atoms with Crippen LogP contribution in [-0.4, -0.2) is 37.4 Å². The summed E-state index contributed by atoms with van der Waals surface area (Å²) >= 11 is 0. The number of rotatable bonds is 5. The van der Waals surface area contributed by atoms with E-state index in [0.717, 1.165) is 42.7 Å². The molecule has 27 heavy (non-hydrogen) atoms. The maximum atomic E-state index is 12.4. The van der Waals surface area contributed by atoms with Crippen molar-refractivity contribution in [2.45, 2.75) is 25.4 Å². The zero-order chi connectivity index (χ0) is 18.6. The molecular weight excluding hydrogens is 342 g/mol. The van der Waals surface area contributed by atoms with Gasteiger partial charge in [-0.25, -0.2) is 0 Å². The number of hydrogen-bond acceptors (Lipinski definition) is 5. The van der Waals surface area contributed by atoms with Gasteiger partial charge in [-0.15, -0.1) is 0 Å². The lowest BCUT2D eigenvalue weighted by atomic mass is 10.1. The average molecular weight is 365 g/mol. The summed E-state index contributed by atoms with van der Waals surface area (Å²) < 4.78 is 10.7. The number of aromatic nitrogens is 1. The van der Waals surface area contributed by atoms with E-state index in [9.17, 15) is 4.79 Å². The van der Waals surface area contributed by atoms with Gasteiger partial charge in [-0.1, -0.05) is 17.3 Å². The third kappa shape index (κ3) is 3.95. The summed E-state index contributed by atoms with van der Waals surface area (Å²) in [6, 6.07) is 15.5. The zero-order valence-electron chi connectivity index (χ0n) is 15.4. The molecule has 1 aliphatic heterocycles. The van der Waals surface area contributed by atoms with Crippen molar-refractivity contribution >= 4 is 28.3 Å². The van der Waals surface area contributed by atoms with Crippen LogP contribution in [0, 0.1) is 0 Å². The van der Waals surface area contributed by atoms with Crippen molar-refractivity contribution in [3.05, 3.63) is 54.2 Å². The number of nitrogens with zero attached hydrogens (tertiary/aromatic N) is 2. The second kappa shape index (κ2) is 7.80. The van der Waals surface area contributed by atoms with E-state index in [1.807, 2.05) is 48.5 Å². The molecule has 1 atom stereocenters. The van der Waals surface area contributed by atoms with Crippen molar-refractivity contribution in [3.63, 3.8) is 0 Å². The average Bonchev–Trinajstić information content (AvgIpc) is 3.11. The number of fused-ring (bicyclic) bond motifs is 1. The van der Waals surface area contributed by atoms with Crippen LogP contribution in [0.1, 0.15) is 18.5 Å². The molecule has 1 amide bonds. The molecular formula is C21H23N3O3. The van der Waals surface area contributed by atoms with Crippen LogP contribution in [-0.2, 0) is 16.0 Å². The Balaban J connectivity index is 1.38. The van der Waals surface area contributed by atoms with Gasteiger partial charge in [0.15, 0.2) is 5.58 Å². The highest BCUT2D eigenvalue weighted by atomic mass is 16.5. The number of methoxy groups -OCH3 is 1. The summed E-state index contributed by atoms with van der Waals surface area (Å²) in [6.07, 6.45) is 2.71. The maximum Gasteiger partial charge on any atom is 0.230 e. The molecule has 0 spiro atoms. The Morgan fingerprint density at radius 2 is 2.07 bits per heavy atom. The van der Waals surface area contributed by atoms with Gasteiger partial charge < -0.3 is 19.5 Å². The first-order valence-electron chi connectivity index (χ1n) is 9.24. The number of ether oxygens (including phenoxy) is 1.